The predicted octanol–water partition coefficient (Wildman–Crippen LogP) is 3.96. The van der Waals surface area contributed by atoms with Crippen molar-refractivity contribution in [3.05, 3.63) is 53.6 Å². The Labute approximate surface area is 109 Å². The quantitative estimate of drug-likeness (QED) is 0.559. The van der Waals surface area contributed by atoms with E-state index in [4.69, 9.17) is 4.74 Å². The van der Waals surface area contributed by atoms with Gasteiger partial charge in [0.25, 0.3) is 0 Å². The van der Waals surface area contributed by atoms with Crippen LogP contribution in [0.15, 0.2) is 42.5 Å². The van der Waals surface area contributed by atoms with Gasteiger partial charge in [0.1, 0.15) is 12.4 Å². The summed E-state index contributed by atoms with van der Waals surface area (Å²) in [5, 5.41) is 0. The standard InChI is InChI=1S/C16H20O2/c1-5-6-15-11-14(13(4)17)7-8-16(15)18-10-9-12(2)3/h5,7-9,11H,1,6,10H2,2-4H3. The molecule has 0 aromatic heterocycles. The summed E-state index contributed by atoms with van der Waals surface area (Å²) in [5.41, 5.74) is 2.93. The lowest BCUT2D eigenvalue weighted by Gasteiger charge is -2.10. The lowest BCUT2D eigenvalue weighted by atomic mass is 10.0. The van der Waals surface area contributed by atoms with Crippen LogP contribution in [0, 0.1) is 0 Å². The summed E-state index contributed by atoms with van der Waals surface area (Å²) in [5.74, 6) is 0.883. The first-order valence-corrected chi connectivity index (χ1v) is 6.05. The van der Waals surface area contributed by atoms with Crippen molar-refractivity contribution in [2.75, 3.05) is 6.61 Å². The predicted molar refractivity (Wildman–Crippen MR) is 75.3 cm³/mol. The largest absolute Gasteiger partial charge is 0.489 e. The molecule has 0 aliphatic carbocycles. The molecule has 0 bridgehead atoms. The molecular formula is C16H20O2. The van der Waals surface area contributed by atoms with Crippen molar-refractivity contribution in [3.63, 3.8) is 0 Å². The summed E-state index contributed by atoms with van der Waals surface area (Å²) in [6, 6.07) is 5.53. The molecule has 18 heavy (non-hydrogen) atoms. The van der Waals surface area contributed by atoms with Crippen LogP contribution in [-0.4, -0.2) is 12.4 Å². The van der Waals surface area contributed by atoms with E-state index >= 15 is 0 Å². The Kier molecular flexibility index (Phi) is 5.37. The maximum Gasteiger partial charge on any atom is 0.159 e. The summed E-state index contributed by atoms with van der Waals surface area (Å²) >= 11 is 0. The van der Waals surface area contributed by atoms with E-state index in [0.29, 0.717) is 18.6 Å². The van der Waals surface area contributed by atoms with Gasteiger partial charge in [-0.25, -0.2) is 0 Å². The molecule has 2 nitrogen and oxygen atoms in total. The van der Waals surface area contributed by atoms with Gasteiger partial charge in [0.2, 0.25) is 0 Å². The van der Waals surface area contributed by atoms with Crippen LogP contribution < -0.4 is 4.74 Å². The number of carbonyl (C=O) groups excluding carboxylic acids is 1. The number of benzene rings is 1. The molecule has 0 heterocycles. The molecule has 0 atom stereocenters. The van der Waals surface area contributed by atoms with Crippen LogP contribution in [0.1, 0.15) is 36.7 Å². The SMILES string of the molecule is C=CCc1cc(C(C)=O)ccc1OCC=C(C)C. The molecule has 0 N–H and O–H groups in total. The highest BCUT2D eigenvalue weighted by Gasteiger charge is 2.06. The summed E-state index contributed by atoms with van der Waals surface area (Å²) in [6.07, 6.45) is 4.54. The zero-order chi connectivity index (χ0) is 13.5. The first-order valence-electron chi connectivity index (χ1n) is 6.05. The monoisotopic (exact) mass is 244 g/mol. The van der Waals surface area contributed by atoms with Crippen LogP contribution in [0.5, 0.6) is 5.75 Å². The molecule has 0 fully saturated rings. The third kappa shape index (κ3) is 4.21. The molecule has 96 valence electrons. The molecule has 0 radical (unpaired) electrons. The molecule has 0 unspecified atom stereocenters. The van der Waals surface area contributed by atoms with Gasteiger partial charge in [-0.05, 0) is 57.0 Å². The average molecular weight is 244 g/mol. The molecule has 1 aromatic carbocycles. The van der Waals surface area contributed by atoms with Crippen LogP contribution in [0.3, 0.4) is 0 Å². The number of Topliss-reactive ketones (excluding diaryl/α,β-unsaturated/α-hetero) is 1. The molecule has 0 aliphatic rings. The lowest BCUT2D eigenvalue weighted by Crippen LogP contribution is -2.00. The zero-order valence-electron chi connectivity index (χ0n) is 11.3. The van der Waals surface area contributed by atoms with Gasteiger partial charge < -0.3 is 4.74 Å². The van der Waals surface area contributed by atoms with E-state index in [1.165, 1.54) is 5.57 Å². The highest BCUT2D eigenvalue weighted by Crippen LogP contribution is 2.21. The van der Waals surface area contributed by atoms with Gasteiger partial charge in [-0.2, -0.15) is 0 Å². The van der Waals surface area contributed by atoms with Crippen molar-refractivity contribution in [2.24, 2.45) is 0 Å². The molecule has 0 aliphatic heterocycles. The number of hydrogen-bond donors (Lipinski definition) is 0. The van der Waals surface area contributed by atoms with Gasteiger partial charge in [-0.1, -0.05) is 11.6 Å². The van der Waals surface area contributed by atoms with Crippen LogP contribution in [-0.2, 0) is 6.42 Å². The molecule has 0 saturated heterocycles. The van der Waals surface area contributed by atoms with E-state index < -0.39 is 0 Å². The zero-order valence-corrected chi connectivity index (χ0v) is 11.3. The molecule has 1 aromatic rings. The van der Waals surface area contributed by atoms with Gasteiger partial charge in [-0.3, -0.25) is 4.79 Å². The molecular weight excluding hydrogens is 224 g/mol. The Bertz CT molecular complexity index is 466. The second kappa shape index (κ2) is 6.80. The fourth-order valence-electron chi connectivity index (χ4n) is 1.55. The highest BCUT2D eigenvalue weighted by atomic mass is 16.5. The van der Waals surface area contributed by atoms with Gasteiger partial charge in [-0.15, -0.1) is 6.58 Å². The lowest BCUT2D eigenvalue weighted by molar-refractivity contribution is 0.101. The van der Waals surface area contributed by atoms with Crippen molar-refractivity contribution in [3.8, 4) is 5.75 Å². The number of ketones is 1. The van der Waals surface area contributed by atoms with E-state index in [2.05, 4.69) is 6.58 Å². The third-order valence-corrected chi connectivity index (χ3v) is 2.56. The minimum Gasteiger partial charge on any atom is -0.489 e. The molecule has 2 heteroatoms. The number of hydrogen-bond acceptors (Lipinski definition) is 2. The fourth-order valence-corrected chi connectivity index (χ4v) is 1.55. The maximum absolute atomic E-state index is 11.3. The van der Waals surface area contributed by atoms with Crippen LogP contribution >= 0.6 is 0 Å². The Balaban J connectivity index is 2.92. The highest BCUT2D eigenvalue weighted by molar-refractivity contribution is 5.94. The van der Waals surface area contributed by atoms with E-state index in [1.807, 2.05) is 38.1 Å². The normalized spacial score (nSPS) is 9.72. The fraction of sp³-hybridized carbons (Fsp3) is 0.312. The van der Waals surface area contributed by atoms with Crippen molar-refractivity contribution < 1.29 is 9.53 Å². The molecule has 0 saturated carbocycles. The first kappa shape index (κ1) is 14.2. The number of ether oxygens (including phenoxy) is 1. The molecule has 1 rings (SSSR count). The summed E-state index contributed by atoms with van der Waals surface area (Å²) in [7, 11) is 0. The maximum atomic E-state index is 11.3. The van der Waals surface area contributed by atoms with Gasteiger partial charge >= 0.3 is 0 Å². The van der Waals surface area contributed by atoms with Crippen molar-refractivity contribution in [1.29, 1.82) is 0 Å². The Morgan fingerprint density at radius 3 is 2.61 bits per heavy atom. The third-order valence-electron chi connectivity index (χ3n) is 2.56. The summed E-state index contributed by atoms with van der Waals surface area (Å²) in [4.78, 5) is 11.3. The van der Waals surface area contributed by atoms with E-state index in [0.717, 1.165) is 11.3 Å². The topological polar surface area (TPSA) is 26.3 Å². The van der Waals surface area contributed by atoms with E-state index in [9.17, 15) is 4.79 Å². The minimum absolute atomic E-state index is 0.0659. The van der Waals surface area contributed by atoms with Gasteiger partial charge in [0, 0.05) is 5.56 Å². The number of rotatable bonds is 6. The minimum atomic E-state index is 0.0659. The summed E-state index contributed by atoms with van der Waals surface area (Å²) in [6.45, 7) is 9.91. The van der Waals surface area contributed by atoms with Gasteiger partial charge in [0.15, 0.2) is 5.78 Å². The number of carbonyl (C=O) groups is 1. The van der Waals surface area contributed by atoms with Crippen molar-refractivity contribution in [1.82, 2.24) is 0 Å². The Morgan fingerprint density at radius 1 is 1.33 bits per heavy atom. The van der Waals surface area contributed by atoms with E-state index in [-0.39, 0.29) is 5.78 Å². The second-order valence-electron chi connectivity index (χ2n) is 4.46. The number of allylic oxidation sites excluding steroid dienone is 2. The smallest absolute Gasteiger partial charge is 0.159 e. The molecule has 0 amide bonds. The van der Waals surface area contributed by atoms with Gasteiger partial charge in [0.05, 0.1) is 0 Å². The average Bonchev–Trinajstić information content (AvgIpc) is 2.30. The Hall–Kier alpha value is -1.83. The van der Waals surface area contributed by atoms with E-state index in [1.54, 1.807) is 13.0 Å². The first-order chi connectivity index (χ1) is 8.54. The van der Waals surface area contributed by atoms with Crippen LogP contribution in [0.25, 0.3) is 0 Å². The molecule has 0 spiro atoms. The Morgan fingerprint density at radius 2 is 2.06 bits per heavy atom. The second-order valence-corrected chi connectivity index (χ2v) is 4.46. The van der Waals surface area contributed by atoms with Crippen molar-refractivity contribution in [2.45, 2.75) is 27.2 Å². The van der Waals surface area contributed by atoms with Crippen LogP contribution in [0.2, 0.25) is 0 Å². The summed E-state index contributed by atoms with van der Waals surface area (Å²) < 4.78 is 5.70. The van der Waals surface area contributed by atoms with Crippen LogP contribution in [0.4, 0.5) is 0 Å². The van der Waals surface area contributed by atoms with Crippen molar-refractivity contribution >= 4 is 5.78 Å².